The Morgan fingerprint density at radius 1 is 1.08 bits per heavy atom. The average molecular weight is 354 g/mol. The van der Waals surface area contributed by atoms with E-state index in [-0.39, 0.29) is 6.04 Å². The van der Waals surface area contributed by atoms with Crippen molar-refractivity contribution in [1.82, 2.24) is 20.1 Å². The van der Waals surface area contributed by atoms with Gasteiger partial charge in [0, 0.05) is 45.1 Å². The Morgan fingerprint density at radius 2 is 1.81 bits per heavy atom. The van der Waals surface area contributed by atoms with Crippen LogP contribution in [0.25, 0.3) is 0 Å². The average Bonchev–Trinajstić information content (AvgIpc) is 3.07. The van der Waals surface area contributed by atoms with E-state index in [0.717, 1.165) is 25.2 Å². The van der Waals surface area contributed by atoms with E-state index >= 15 is 0 Å². The van der Waals surface area contributed by atoms with Crippen molar-refractivity contribution in [2.75, 3.05) is 19.6 Å². The lowest BCUT2D eigenvalue weighted by atomic mass is 9.98. The molecule has 3 rings (SSSR count). The molecule has 0 radical (unpaired) electrons. The maximum Gasteiger partial charge on any atom is 0.309 e. The van der Waals surface area contributed by atoms with Crippen molar-refractivity contribution in [2.45, 2.75) is 25.9 Å². The minimum Gasteiger partial charge on any atom is -0.353 e. The number of likely N-dealkylation sites (N-methyl/N-ethyl adjacent to an activating group) is 1. The van der Waals surface area contributed by atoms with E-state index in [1.165, 1.54) is 11.1 Å². The predicted octanol–water partition coefficient (Wildman–Crippen LogP) is 1.38. The Hall–Kier alpha value is -2.60. The van der Waals surface area contributed by atoms with Crippen LogP contribution in [0.4, 0.5) is 0 Å². The van der Waals surface area contributed by atoms with E-state index in [9.17, 15) is 9.59 Å². The van der Waals surface area contributed by atoms with Crippen molar-refractivity contribution in [3.8, 4) is 0 Å². The summed E-state index contributed by atoms with van der Waals surface area (Å²) in [6.45, 7) is 4.39. The summed E-state index contributed by atoms with van der Waals surface area (Å²) in [5.74, 6) is -1.16. The minimum absolute atomic E-state index is 0.0155. The molecule has 138 valence electrons. The number of hydrogen-bond acceptors (Lipinski definition) is 3. The van der Waals surface area contributed by atoms with Gasteiger partial charge in [-0.05, 0) is 36.6 Å². The molecule has 1 aliphatic rings. The molecule has 1 aromatic heterocycles. The maximum absolute atomic E-state index is 12.0. The summed E-state index contributed by atoms with van der Waals surface area (Å²) >= 11 is 0. The van der Waals surface area contributed by atoms with Gasteiger partial charge in [0.05, 0.1) is 6.04 Å². The summed E-state index contributed by atoms with van der Waals surface area (Å²) < 4.78 is 2.07. The zero-order valence-corrected chi connectivity index (χ0v) is 15.4. The first-order chi connectivity index (χ1) is 12.6. The number of aryl methyl sites for hydroxylation is 1. The number of nitrogens with one attached hydrogen (secondary N) is 2. The molecule has 1 unspecified atom stereocenters. The van der Waals surface area contributed by atoms with Crippen LogP contribution in [-0.4, -0.2) is 40.9 Å². The van der Waals surface area contributed by atoms with Crippen LogP contribution in [0.5, 0.6) is 0 Å². The van der Waals surface area contributed by atoms with E-state index in [2.05, 4.69) is 50.4 Å². The first-order valence-corrected chi connectivity index (χ1v) is 9.08. The third-order valence-corrected chi connectivity index (χ3v) is 4.93. The Morgan fingerprint density at radius 3 is 2.50 bits per heavy atom. The first kappa shape index (κ1) is 18.2. The molecule has 6 heteroatoms. The quantitative estimate of drug-likeness (QED) is 0.797. The van der Waals surface area contributed by atoms with Crippen molar-refractivity contribution in [1.29, 1.82) is 0 Å². The van der Waals surface area contributed by atoms with Gasteiger partial charge in [-0.1, -0.05) is 24.3 Å². The summed E-state index contributed by atoms with van der Waals surface area (Å²) in [6, 6.07) is 12.6. The topological polar surface area (TPSA) is 66.4 Å². The van der Waals surface area contributed by atoms with Crippen LogP contribution >= 0.6 is 0 Å². The highest BCUT2D eigenvalue weighted by Gasteiger charge is 2.27. The standard InChI is InChI=1S/C20H26N4O2/c1-3-21-19(25)20(26)22-13-18(17-9-6-11-23(17)2)24-12-10-15-7-4-5-8-16(15)14-24/h4-9,11,18H,3,10,12-14H2,1-2H3,(H,21,25)(H,22,26). The van der Waals surface area contributed by atoms with Crippen molar-refractivity contribution in [3.05, 3.63) is 59.4 Å². The van der Waals surface area contributed by atoms with Crippen molar-refractivity contribution in [3.63, 3.8) is 0 Å². The van der Waals surface area contributed by atoms with Gasteiger partial charge in [0.15, 0.2) is 0 Å². The van der Waals surface area contributed by atoms with Gasteiger partial charge in [-0.15, -0.1) is 0 Å². The monoisotopic (exact) mass is 354 g/mol. The van der Waals surface area contributed by atoms with Crippen LogP contribution in [0.3, 0.4) is 0 Å². The second kappa shape index (κ2) is 8.19. The molecule has 6 nitrogen and oxygen atoms in total. The van der Waals surface area contributed by atoms with Gasteiger partial charge in [0.25, 0.3) is 0 Å². The van der Waals surface area contributed by atoms with Crippen LogP contribution in [0, 0.1) is 0 Å². The normalized spacial score (nSPS) is 15.2. The highest BCUT2D eigenvalue weighted by Crippen LogP contribution is 2.27. The number of benzene rings is 1. The van der Waals surface area contributed by atoms with E-state index in [1.807, 2.05) is 19.3 Å². The van der Waals surface area contributed by atoms with E-state index < -0.39 is 11.8 Å². The van der Waals surface area contributed by atoms with Gasteiger partial charge < -0.3 is 15.2 Å². The molecule has 0 saturated carbocycles. The fourth-order valence-electron chi connectivity index (χ4n) is 3.54. The van der Waals surface area contributed by atoms with Crippen LogP contribution in [0.1, 0.15) is 29.8 Å². The number of hydrogen-bond donors (Lipinski definition) is 2. The Kier molecular flexibility index (Phi) is 5.73. The highest BCUT2D eigenvalue weighted by molar-refractivity contribution is 6.35. The van der Waals surface area contributed by atoms with Gasteiger partial charge in [0.1, 0.15) is 0 Å². The number of amides is 2. The summed E-state index contributed by atoms with van der Waals surface area (Å²) in [6.07, 6.45) is 2.99. The Bertz CT molecular complexity index is 784. The van der Waals surface area contributed by atoms with Gasteiger partial charge in [-0.25, -0.2) is 0 Å². The first-order valence-electron chi connectivity index (χ1n) is 9.08. The zero-order valence-electron chi connectivity index (χ0n) is 15.4. The molecule has 0 aliphatic carbocycles. The number of aromatic nitrogens is 1. The van der Waals surface area contributed by atoms with Crippen molar-refractivity contribution >= 4 is 11.8 Å². The molecular formula is C20H26N4O2. The van der Waals surface area contributed by atoms with Crippen molar-refractivity contribution < 1.29 is 9.59 Å². The molecule has 2 aromatic rings. The molecule has 1 aromatic carbocycles. The molecule has 0 saturated heterocycles. The van der Waals surface area contributed by atoms with Gasteiger partial charge in [-0.3, -0.25) is 14.5 Å². The van der Waals surface area contributed by atoms with E-state index in [1.54, 1.807) is 6.92 Å². The SMILES string of the molecule is CCNC(=O)C(=O)NCC(c1cccn1C)N1CCc2ccccc2C1. The lowest BCUT2D eigenvalue weighted by molar-refractivity contribution is -0.139. The smallest absolute Gasteiger partial charge is 0.309 e. The van der Waals surface area contributed by atoms with Crippen LogP contribution in [-0.2, 0) is 29.6 Å². The second-order valence-corrected chi connectivity index (χ2v) is 6.62. The van der Waals surface area contributed by atoms with Crippen LogP contribution in [0.15, 0.2) is 42.6 Å². The lowest BCUT2D eigenvalue weighted by Crippen LogP contribution is -2.45. The molecular weight excluding hydrogens is 328 g/mol. The molecule has 0 fully saturated rings. The minimum atomic E-state index is -0.581. The lowest BCUT2D eigenvalue weighted by Gasteiger charge is -2.36. The summed E-state index contributed by atoms with van der Waals surface area (Å²) in [5.41, 5.74) is 3.84. The number of carbonyl (C=O) groups is 2. The largest absolute Gasteiger partial charge is 0.353 e. The molecule has 1 aliphatic heterocycles. The zero-order chi connectivity index (χ0) is 18.5. The summed E-state index contributed by atoms with van der Waals surface area (Å²) in [7, 11) is 2.01. The summed E-state index contributed by atoms with van der Waals surface area (Å²) in [4.78, 5) is 26.1. The molecule has 1 atom stereocenters. The number of carbonyl (C=O) groups excluding carboxylic acids is 2. The third-order valence-electron chi connectivity index (χ3n) is 4.93. The number of rotatable bonds is 5. The van der Waals surface area contributed by atoms with Crippen LogP contribution in [0.2, 0.25) is 0 Å². The van der Waals surface area contributed by atoms with Gasteiger partial charge in [-0.2, -0.15) is 0 Å². The molecule has 0 spiro atoms. The highest BCUT2D eigenvalue weighted by atomic mass is 16.2. The molecule has 2 heterocycles. The summed E-state index contributed by atoms with van der Waals surface area (Å²) in [5, 5.41) is 5.34. The molecule has 2 amide bonds. The van der Waals surface area contributed by atoms with Gasteiger partial charge in [0.2, 0.25) is 0 Å². The predicted molar refractivity (Wildman–Crippen MR) is 100 cm³/mol. The second-order valence-electron chi connectivity index (χ2n) is 6.62. The molecule has 2 N–H and O–H groups in total. The number of nitrogens with zero attached hydrogens (tertiary/aromatic N) is 2. The van der Waals surface area contributed by atoms with E-state index in [4.69, 9.17) is 0 Å². The number of fused-ring (bicyclic) bond motifs is 1. The Balaban J connectivity index is 1.76. The molecule has 26 heavy (non-hydrogen) atoms. The van der Waals surface area contributed by atoms with Crippen LogP contribution < -0.4 is 10.6 Å². The fraction of sp³-hybridized carbons (Fsp3) is 0.400. The molecule has 0 bridgehead atoms. The van der Waals surface area contributed by atoms with E-state index in [0.29, 0.717) is 13.1 Å². The Labute approximate surface area is 154 Å². The van der Waals surface area contributed by atoms with Crippen molar-refractivity contribution in [2.24, 2.45) is 7.05 Å². The third kappa shape index (κ3) is 3.96. The fourth-order valence-corrected chi connectivity index (χ4v) is 3.54. The van der Waals surface area contributed by atoms with Gasteiger partial charge >= 0.3 is 11.8 Å². The maximum atomic E-state index is 12.0.